The molecule has 0 aromatic heterocycles. The van der Waals surface area contributed by atoms with Crippen LogP contribution in [-0.2, 0) is 20.6 Å². The van der Waals surface area contributed by atoms with Crippen LogP contribution in [0.1, 0.15) is 94.6 Å². The molecule has 0 amide bonds. The van der Waals surface area contributed by atoms with Gasteiger partial charge in [0.1, 0.15) is 0 Å². The maximum atomic E-state index is 11.0. The van der Waals surface area contributed by atoms with Gasteiger partial charge in [0.2, 0.25) is 0 Å². The summed E-state index contributed by atoms with van der Waals surface area (Å²) < 4.78 is 24.4. The van der Waals surface area contributed by atoms with Gasteiger partial charge in [-0.25, -0.2) is 0 Å². The largest absolute Gasteiger partial charge is 0.504 e. The SMILES string of the molecule is C=C[C@@]12CCc3cc(OC4CCCCO4)c(O)cc3[C@H]1CC[C@]1(C)[C@@H](OC3CCCCO3)CC[C@H]12. The summed E-state index contributed by atoms with van der Waals surface area (Å²) in [7, 11) is 0. The van der Waals surface area contributed by atoms with Gasteiger partial charge in [0.05, 0.1) is 12.7 Å². The Morgan fingerprint density at radius 2 is 1.74 bits per heavy atom. The van der Waals surface area contributed by atoms with Crippen molar-refractivity contribution in [3.8, 4) is 11.5 Å². The normalized spacial score (nSPS) is 40.9. The third kappa shape index (κ3) is 4.02. The van der Waals surface area contributed by atoms with Crippen LogP contribution in [-0.4, -0.2) is 37.0 Å². The third-order valence-electron chi connectivity index (χ3n) is 10.2. The predicted octanol–water partition coefficient (Wildman–Crippen LogP) is 6.62. The average Bonchev–Trinajstić information content (AvgIpc) is 3.22. The van der Waals surface area contributed by atoms with E-state index in [1.807, 2.05) is 6.07 Å². The number of rotatable bonds is 5. The van der Waals surface area contributed by atoms with Crippen molar-refractivity contribution >= 4 is 0 Å². The molecule has 0 spiro atoms. The molecule has 2 unspecified atom stereocenters. The van der Waals surface area contributed by atoms with E-state index in [2.05, 4.69) is 25.6 Å². The molecule has 5 nitrogen and oxygen atoms in total. The van der Waals surface area contributed by atoms with E-state index < -0.39 is 0 Å². The van der Waals surface area contributed by atoms with Crippen LogP contribution in [0.25, 0.3) is 0 Å². The van der Waals surface area contributed by atoms with Crippen LogP contribution in [0.3, 0.4) is 0 Å². The number of phenols is 1. The molecule has 6 rings (SSSR count). The summed E-state index contributed by atoms with van der Waals surface area (Å²) >= 11 is 0. The molecule has 2 aliphatic heterocycles. The van der Waals surface area contributed by atoms with Gasteiger partial charge >= 0.3 is 0 Å². The molecule has 0 radical (unpaired) electrons. The zero-order valence-electron chi connectivity index (χ0n) is 21.3. The second kappa shape index (κ2) is 9.39. The average molecular weight is 483 g/mol. The van der Waals surface area contributed by atoms with Crippen LogP contribution in [0, 0.1) is 16.7 Å². The van der Waals surface area contributed by atoms with Gasteiger partial charge in [-0.05, 0) is 117 Å². The first-order valence-electron chi connectivity index (χ1n) is 14.1. The van der Waals surface area contributed by atoms with E-state index in [1.54, 1.807) is 0 Å². The number of hydrogen-bond acceptors (Lipinski definition) is 5. The van der Waals surface area contributed by atoms with Crippen LogP contribution in [0.5, 0.6) is 11.5 Å². The van der Waals surface area contributed by atoms with Crippen LogP contribution >= 0.6 is 0 Å². The summed E-state index contributed by atoms with van der Waals surface area (Å²) in [6.45, 7) is 8.44. The first kappa shape index (κ1) is 23.8. The molecule has 2 saturated carbocycles. The van der Waals surface area contributed by atoms with Crippen molar-refractivity contribution in [3.05, 3.63) is 35.9 Å². The number of fused-ring (bicyclic) bond motifs is 5. The number of ether oxygens (including phenoxy) is 4. The molecule has 2 heterocycles. The molecule has 0 bridgehead atoms. The van der Waals surface area contributed by atoms with Gasteiger partial charge in [-0.15, -0.1) is 6.58 Å². The van der Waals surface area contributed by atoms with E-state index in [1.165, 1.54) is 24.0 Å². The van der Waals surface area contributed by atoms with Crippen LogP contribution in [0.4, 0.5) is 0 Å². The lowest BCUT2D eigenvalue weighted by Crippen LogP contribution is -2.51. The maximum Gasteiger partial charge on any atom is 0.200 e. The van der Waals surface area contributed by atoms with E-state index in [0.29, 0.717) is 17.6 Å². The molecule has 4 fully saturated rings. The van der Waals surface area contributed by atoms with E-state index in [0.717, 1.165) is 77.4 Å². The lowest BCUT2D eigenvalue weighted by atomic mass is 9.47. The molecule has 7 atom stereocenters. The van der Waals surface area contributed by atoms with Crippen molar-refractivity contribution in [2.45, 2.75) is 109 Å². The molecule has 35 heavy (non-hydrogen) atoms. The van der Waals surface area contributed by atoms with Crippen molar-refractivity contribution in [2.24, 2.45) is 16.7 Å². The Morgan fingerprint density at radius 1 is 0.971 bits per heavy atom. The Bertz CT molecular complexity index is 933. The minimum atomic E-state index is -0.248. The van der Waals surface area contributed by atoms with Gasteiger partial charge in [0.15, 0.2) is 24.1 Å². The van der Waals surface area contributed by atoms with E-state index in [9.17, 15) is 5.11 Å². The summed E-state index contributed by atoms with van der Waals surface area (Å²) in [5.41, 5.74) is 2.81. The van der Waals surface area contributed by atoms with Gasteiger partial charge < -0.3 is 24.1 Å². The van der Waals surface area contributed by atoms with Gasteiger partial charge in [0, 0.05) is 13.0 Å². The molecule has 3 aliphatic carbocycles. The second-order valence-electron chi connectivity index (χ2n) is 11.9. The molecule has 192 valence electrons. The van der Waals surface area contributed by atoms with Gasteiger partial charge in [0.25, 0.3) is 0 Å². The highest BCUT2D eigenvalue weighted by atomic mass is 16.7. The topological polar surface area (TPSA) is 57.2 Å². The molecule has 1 aromatic carbocycles. The first-order chi connectivity index (χ1) is 17.0. The minimum absolute atomic E-state index is 0.0303. The Labute approximate surface area is 210 Å². The Kier molecular flexibility index (Phi) is 6.39. The minimum Gasteiger partial charge on any atom is -0.504 e. The summed E-state index contributed by atoms with van der Waals surface area (Å²) in [6, 6.07) is 4.08. The smallest absolute Gasteiger partial charge is 0.200 e. The lowest BCUT2D eigenvalue weighted by molar-refractivity contribution is -0.215. The van der Waals surface area contributed by atoms with Crippen molar-refractivity contribution in [1.82, 2.24) is 0 Å². The quantitative estimate of drug-likeness (QED) is 0.478. The second-order valence-corrected chi connectivity index (χ2v) is 11.9. The monoisotopic (exact) mass is 482 g/mol. The lowest BCUT2D eigenvalue weighted by Gasteiger charge is -2.57. The number of benzene rings is 1. The highest BCUT2D eigenvalue weighted by Gasteiger charge is 2.61. The van der Waals surface area contributed by atoms with Crippen molar-refractivity contribution in [3.63, 3.8) is 0 Å². The fraction of sp³-hybridized carbons (Fsp3) is 0.733. The van der Waals surface area contributed by atoms with Gasteiger partial charge in [-0.3, -0.25) is 0 Å². The van der Waals surface area contributed by atoms with Crippen LogP contribution in [0.15, 0.2) is 24.8 Å². The standard InChI is InChI=1S/C30H42O5/c1-3-30-15-12-20-18-24(34-27-8-4-6-16-32-27)23(31)19-21(20)22(30)13-14-29(2)25(30)10-11-26(29)35-28-9-5-7-17-33-28/h3,18-19,22,25-28,31H,1,4-17H2,2H3/t22-,25-,26+,27?,28?,29+,30-/m1/s1. The number of phenolic OH excluding ortho intramolecular Hbond substituents is 1. The fourth-order valence-corrected chi connectivity index (χ4v) is 8.35. The van der Waals surface area contributed by atoms with Crippen molar-refractivity contribution in [2.75, 3.05) is 13.2 Å². The first-order valence-corrected chi connectivity index (χ1v) is 14.1. The highest BCUT2D eigenvalue weighted by molar-refractivity contribution is 5.50. The Balaban J connectivity index is 1.25. The number of aryl methyl sites for hydroxylation is 1. The van der Waals surface area contributed by atoms with E-state index >= 15 is 0 Å². The van der Waals surface area contributed by atoms with Crippen molar-refractivity contribution < 1.29 is 24.1 Å². The van der Waals surface area contributed by atoms with Crippen LogP contribution < -0.4 is 4.74 Å². The Morgan fingerprint density at radius 3 is 2.46 bits per heavy atom. The zero-order valence-corrected chi connectivity index (χ0v) is 21.3. The van der Waals surface area contributed by atoms with Crippen LogP contribution in [0.2, 0.25) is 0 Å². The van der Waals surface area contributed by atoms with Crippen molar-refractivity contribution in [1.29, 1.82) is 0 Å². The maximum absolute atomic E-state index is 11.0. The molecular weight excluding hydrogens is 440 g/mol. The number of aromatic hydroxyl groups is 1. The fourth-order valence-electron chi connectivity index (χ4n) is 8.35. The molecule has 2 saturated heterocycles. The van der Waals surface area contributed by atoms with Gasteiger partial charge in [-0.1, -0.05) is 13.0 Å². The summed E-state index contributed by atoms with van der Waals surface area (Å²) in [6.07, 6.45) is 15.3. The molecular formula is C30H42O5. The third-order valence-corrected chi connectivity index (χ3v) is 10.2. The molecule has 5 aliphatic rings. The number of hydrogen-bond donors (Lipinski definition) is 1. The van der Waals surface area contributed by atoms with E-state index in [-0.39, 0.29) is 35.3 Å². The van der Waals surface area contributed by atoms with E-state index in [4.69, 9.17) is 18.9 Å². The summed E-state index contributed by atoms with van der Waals surface area (Å²) in [5, 5.41) is 11.0. The zero-order chi connectivity index (χ0) is 24.0. The summed E-state index contributed by atoms with van der Waals surface area (Å²) in [4.78, 5) is 0. The Hall–Kier alpha value is -1.56. The highest BCUT2D eigenvalue weighted by Crippen LogP contribution is 2.68. The molecule has 1 aromatic rings. The number of allylic oxidation sites excluding steroid dienone is 1. The predicted molar refractivity (Wildman–Crippen MR) is 135 cm³/mol. The molecule has 1 N–H and O–H groups in total. The molecule has 5 heteroatoms. The summed E-state index contributed by atoms with van der Waals surface area (Å²) in [5.74, 6) is 1.75. The van der Waals surface area contributed by atoms with Gasteiger partial charge in [-0.2, -0.15) is 0 Å².